The lowest BCUT2D eigenvalue weighted by molar-refractivity contribution is 0.192. The Hall–Kier alpha value is -2.07. The van der Waals surface area contributed by atoms with Crippen molar-refractivity contribution in [3.05, 3.63) is 53.5 Å². The SMILES string of the molecule is CCn1cc(C(O)c2cc3cccc(C)c3o2)cn1. The number of nitrogens with zero attached hydrogens (tertiary/aromatic N) is 2. The highest BCUT2D eigenvalue weighted by Gasteiger charge is 2.17. The monoisotopic (exact) mass is 256 g/mol. The van der Waals surface area contributed by atoms with E-state index in [0.717, 1.165) is 28.6 Å². The highest BCUT2D eigenvalue weighted by molar-refractivity contribution is 5.81. The van der Waals surface area contributed by atoms with Gasteiger partial charge in [0.25, 0.3) is 0 Å². The summed E-state index contributed by atoms with van der Waals surface area (Å²) >= 11 is 0. The topological polar surface area (TPSA) is 51.2 Å². The number of furan rings is 1. The van der Waals surface area contributed by atoms with Gasteiger partial charge in [0, 0.05) is 23.7 Å². The average molecular weight is 256 g/mol. The number of hydrogen-bond acceptors (Lipinski definition) is 3. The van der Waals surface area contributed by atoms with Gasteiger partial charge in [-0.05, 0) is 25.5 Å². The molecule has 1 aromatic carbocycles. The van der Waals surface area contributed by atoms with Gasteiger partial charge >= 0.3 is 0 Å². The Kier molecular flexibility index (Phi) is 2.87. The molecule has 4 heteroatoms. The minimum Gasteiger partial charge on any atom is -0.458 e. The fourth-order valence-corrected chi connectivity index (χ4v) is 2.22. The zero-order chi connectivity index (χ0) is 13.4. The number of fused-ring (bicyclic) bond motifs is 1. The molecule has 98 valence electrons. The number of rotatable bonds is 3. The molecule has 0 bridgehead atoms. The maximum absolute atomic E-state index is 10.3. The summed E-state index contributed by atoms with van der Waals surface area (Å²) in [6.07, 6.45) is 2.74. The van der Waals surface area contributed by atoms with E-state index in [-0.39, 0.29) is 0 Å². The molecule has 4 nitrogen and oxygen atoms in total. The fraction of sp³-hybridized carbons (Fsp3) is 0.267. The largest absolute Gasteiger partial charge is 0.458 e. The molecule has 0 spiro atoms. The first-order chi connectivity index (χ1) is 9.19. The molecule has 2 heterocycles. The van der Waals surface area contributed by atoms with Crippen molar-refractivity contribution in [3.63, 3.8) is 0 Å². The standard InChI is InChI=1S/C15H16N2O2/c1-3-17-9-12(8-16-17)14(18)13-7-11-6-4-5-10(2)15(11)19-13/h4-9,14,18H,3H2,1-2H3. The van der Waals surface area contributed by atoms with Crippen molar-refractivity contribution < 1.29 is 9.52 Å². The smallest absolute Gasteiger partial charge is 0.140 e. The zero-order valence-electron chi connectivity index (χ0n) is 11.0. The molecule has 1 unspecified atom stereocenters. The molecule has 0 radical (unpaired) electrons. The number of hydrogen-bond donors (Lipinski definition) is 1. The lowest BCUT2D eigenvalue weighted by atomic mass is 10.1. The lowest BCUT2D eigenvalue weighted by Crippen LogP contribution is -1.97. The molecule has 0 amide bonds. The van der Waals surface area contributed by atoms with Crippen LogP contribution in [0.1, 0.15) is 29.9 Å². The third-order valence-corrected chi connectivity index (χ3v) is 3.32. The van der Waals surface area contributed by atoms with Crippen molar-refractivity contribution >= 4 is 11.0 Å². The molecule has 0 aliphatic heterocycles. The summed E-state index contributed by atoms with van der Waals surface area (Å²) in [6, 6.07) is 7.85. The van der Waals surface area contributed by atoms with Crippen LogP contribution in [-0.4, -0.2) is 14.9 Å². The summed E-state index contributed by atoms with van der Waals surface area (Å²) in [4.78, 5) is 0. The number of para-hydroxylation sites is 1. The number of aliphatic hydroxyl groups excluding tert-OH is 1. The first-order valence-corrected chi connectivity index (χ1v) is 6.38. The molecular formula is C15H16N2O2. The molecule has 0 fully saturated rings. The minimum atomic E-state index is -0.771. The number of aliphatic hydroxyl groups is 1. The van der Waals surface area contributed by atoms with Crippen LogP contribution in [0.3, 0.4) is 0 Å². The Balaban J connectivity index is 2.01. The van der Waals surface area contributed by atoms with Crippen molar-refractivity contribution in [2.45, 2.75) is 26.5 Å². The van der Waals surface area contributed by atoms with Crippen molar-refractivity contribution in [2.75, 3.05) is 0 Å². The van der Waals surface area contributed by atoms with E-state index in [4.69, 9.17) is 4.42 Å². The van der Waals surface area contributed by atoms with E-state index in [1.54, 1.807) is 10.9 Å². The summed E-state index contributed by atoms with van der Waals surface area (Å²) in [5, 5.41) is 15.5. The van der Waals surface area contributed by atoms with Gasteiger partial charge in [0.2, 0.25) is 0 Å². The molecule has 0 saturated carbocycles. The van der Waals surface area contributed by atoms with E-state index in [2.05, 4.69) is 5.10 Å². The molecule has 1 atom stereocenters. The van der Waals surface area contributed by atoms with Crippen LogP contribution >= 0.6 is 0 Å². The Labute approximate surface area is 111 Å². The molecule has 2 aromatic heterocycles. The quantitative estimate of drug-likeness (QED) is 0.783. The van der Waals surface area contributed by atoms with Crippen molar-refractivity contribution in [1.29, 1.82) is 0 Å². The highest BCUT2D eigenvalue weighted by Crippen LogP contribution is 2.29. The summed E-state index contributed by atoms with van der Waals surface area (Å²) < 4.78 is 7.56. The van der Waals surface area contributed by atoms with Crippen LogP contribution in [0.2, 0.25) is 0 Å². The van der Waals surface area contributed by atoms with Crippen LogP contribution in [0.5, 0.6) is 0 Å². The number of aryl methyl sites for hydroxylation is 2. The maximum atomic E-state index is 10.3. The van der Waals surface area contributed by atoms with Gasteiger partial charge in [-0.25, -0.2) is 0 Å². The second-order valence-electron chi connectivity index (χ2n) is 4.67. The summed E-state index contributed by atoms with van der Waals surface area (Å²) in [5.74, 6) is 0.556. The van der Waals surface area contributed by atoms with Gasteiger partial charge in [-0.1, -0.05) is 18.2 Å². The number of benzene rings is 1. The van der Waals surface area contributed by atoms with Gasteiger partial charge in [0.1, 0.15) is 17.4 Å². The predicted molar refractivity (Wildman–Crippen MR) is 72.9 cm³/mol. The van der Waals surface area contributed by atoms with Gasteiger partial charge in [-0.15, -0.1) is 0 Å². The second kappa shape index (κ2) is 4.55. The van der Waals surface area contributed by atoms with E-state index in [0.29, 0.717) is 5.76 Å². The van der Waals surface area contributed by atoms with Crippen molar-refractivity contribution in [3.8, 4) is 0 Å². The molecule has 0 aliphatic rings. The summed E-state index contributed by atoms with van der Waals surface area (Å²) in [6.45, 7) is 4.79. The first-order valence-electron chi connectivity index (χ1n) is 6.38. The third-order valence-electron chi connectivity index (χ3n) is 3.32. The van der Waals surface area contributed by atoms with Crippen LogP contribution in [0.15, 0.2) is 41.1 Å². The van der Waals surface area contributed by atoms with E-state index in [1.807, 2.05) is 44.3 Å². The Morgan fingerprint density at radius 3 is 2.95 bits per heavy atom. The molecule has 1 N–H and O–H groups in total. The van der Waals surface area contributed by atoms with Gasteiger partial charge in [0.15, 0.2) is 0 Å². The summed E-state index contributed by atoms with van der Waals surface area (Å²) in [7, 11) is 0. The maximum Gasteiger partial charge on any atom is 0.140 e. The molecule has 3 rings (SSSR count). The normalized spacial score (nSPS) is 13.0. The summed E-state index contributed by atoms with van der Waals surface area (Å²) in [5.41, 5.74) is 2.65. The van der Waals surface area contributed by atoms with Crippen LogP contribution < -0.4 is 0 Å². The number of aromatic nitrogens is 2. The van der Waals surface area contributed by atoms with E-state index in [1.165, 1.54) is 0 Å². The van der Waals surface area contributed by atoms with E-state index in [9.17, 15) is 5.11 Å². The van der Waals surface area contributed by atoms with Crippen LogP contribution in [0.4, 0.5) is 0 Å². The first kappa shape index (κ1) is 12.0. The lowest BCUT2D eigenvalue weighted by Gasteiger charge is -2.03. The Bertz CT molecular complexity index is 712. The van der Waals surface area contributed by atoms with Gasteiger partial charge in [-0.2, -0.15) is 5.10 Å². The Morgan fingerprint density at radius 1 is 1.42 bits per heavy atom. The zero-order valence-corrected chi connectivity index (χ0v) is 11.0. The molecule has 3 aromatic rings. The second-order valence-corrected chi connectivity index (χ2v) is 4.67. The van der Waals surface area contributed by atoms with Crippen molar-refractivity contribution in [1.82, 2.24) is 9.78 Å². The molecule has 0 aliphatic carbocycles. The molecule has 19 heavy (non-hydrogen) atoms. The molecule has 0 saturated heterocycles. The van der Waals surface area contributed by atoms with Crippen LogP contribution in [0, 0.1) is 6.92 Å². The average Bonchev–Trinajstić information content (AvgIpc) is 3.05. The van der Waals surface area contributed by atoms with Crippen molar-refractivity contribution in [2.24, 2.45) is 0 Å². The third kappa shape index (κ3) is 2.04. The highest BCUT2D eigenvalue weighted by atomic mass is 16.4. The van der Waals surface area contributed by atoms with E-state index < -0.39 is 6.10 Å². The van der Waals surface area contributed by atoms with Gasteiger partial charge in [-0.3, -0.25) is 4.68 Å². The molecular weight excluding hydrogens is 240 g/mol. The van der Waals surface area contributed by atoms with Gasteiger partial charge < -0.3 is 9.52 Å². The van der Waals surface area contributed by atoms with Crippen LogP contribution in [-0.2, 0) is 6.54 Å². The predicted octanol–water partition coefficient (Wildman–Crippen LogP) is 3.04. The Morgan fingerprint density at radius 2 is 2.26 bits per heavy atom. The minimum absolute atomic E-state index is 0.556. The van der Waals surface area contributed by atoms with E-state index >= 15 is 0 Å². The van der Waals surface area contributed by atoms with Crippen LogP contribution in [0.25, 0.3) is 11.0 Å². The fourth-order valence-electron chi connectivity index (χ4n) is 2.22. The van der Waals surface area contributed by atoms with Gasteiger partial charge in [0.05, 0.1) is 6.20 Å².